The number of hydrogen-bond acceptors (Lipinski definition) is 4. The molecule has 7 heteroatoms. The molecule has 4 nitrogen and oxygen atoms in total. The summed E-state index contributed by atoms with van der Waals surface area (Å²) in [6, 6.07) is 0. The van der Waals surface area contributed by atoms with Gasteiger partial charge in [0.2, 0.25) is 0 Å². The Bertz CT molecular complexity index is 477. The van der Waals surface area contributed by atoms with E-state index in [0.29, 0.717) is 23.0 Å². The molecule has 92 valence electrons. The summed E-state index contributed by atoms with van der Waals surface area (Å²) in [6.45, 7) is 5.83. The van der Waals surface area contributed by atoms with E-state index in [1.807, 2.05) is 0 Å². The van der Waals surface area contributed by atoms with Gasteiger partial charge in [-0.05, 0) is 6.92 Å². The van der Waals surface area contributed by atoms with Gasteiger partial charge in [0.05, 0.1) is 0 Å². The zero-order chi connectivity index (χ0) is 12.5. The van der Waals surface area contributed by atoms with Crippen molar-refractivity contribution in [3.63, 3.8) is 0 Å². The Balaban J connectivity index is 3.33. The van der Waals surface area contributed by atoms with Crippen LogP contribution >= 0.6 is 22.9 Å². The molecule has 0 aliphatic rings. The van der Waals surface area contributed by atoms with Gasteiger partial charge in [0.25, 0.3) is 10.0 Å². The summed E-state index contributed by atoms with van der Waals surface area (Å²) in [7, 11) is -3.62. The lowest BCUT2D eigenvalue weighted by Gasteiger charge is -2.17. The second-order valence-corrected chi connectivity index (χ2v) is 6.98. The lowest BCUT2D eigenvalue weighted by atomic mass is 10.4. The van der Waals surface area contributed by atoms with Crippen molar-refractivity contribution < 1.29 is 13.5 Å². The summed E-state index contributed by atoms with van der Waals surface area (Å²) >= 11 is 6.70. The Morgan fingerprint density at radius 1 is 1.38 bits per heavy atom. The van der Waals surface area contributed by atoms with Gasteiger partial charge in [0.15, 0.2) is 9.96 Å². The Kier molecular flexibility index (Phi) is 4.23. The van der Waals surface area contributed by atoms with E-state index in [4.69, 9.17) is 11.6 Å². The fourth-order valence-corrected chi connectivity index (χ4v) is 4.73. The highest BCUT2D eigenvalue weighted by Gasteiger charge is 2.29. The maximum absolute atomic E-state index is 12.1. The van der Waals surface area contributed by atoms with E-state index in [-0.39, 0.29) is 9.96 Å². The third kappa shape index (κ3) is 2.20. The summed E-state index contributed by atoms with van der Waals surface area (Å²) < 4.78 is 25.7. The van der Waals surface area contributed by atoms with Crippen molar-refractivity contribution in [2.24, 2.45) is 0 Å². The molecule has 1 N–H and O–H groups in total. The highest BCUT2D eigenvalue weighted by Crippen LogP contribution is 2.41. The van der Waals surface area contributed by atoms with Crippen LogP contribution in [0.5, 0.6) is 5.75 Å². The fraction of sp³-hybridized carbons (Fsp3) is 0.556. The summed E-state index contributed by atoms with van der Waals surface area (Å²) in [5.74, 6) is -0.234. The zero-order valence-electron chi connectivity index (χ0n) is 9.32. The highest BCUT2D eigenvalue weighted by molar-refractivity contribution is 7.91. The number of sulfonamides is 1. The molecule has 0 aliphatic heterocycles. The minimum Gasteiger partial charge on any atom is -0.505 e. The maximum Gasteiger partial charge on any atom is 0.256 e. The van der Waals surface area contributed by atoms with Gasteiger partial charge in [-0.3, -0.25) is 0 Å². The fourth-order valence-electron chi connectivity index (χ4n) is 1.31. The predicted molar refractivity (Wildman–Crippen MR) is 65.8 cm³/mol. The van der Waals surface area contributed by atoms with Gasteiger partial charge in [-0.2, -0.15) is 4.31 Å². The molecular weight excluding hydrogens is 270 g/mol. The Labute approximate surface area is 105 Å². The van der Waals surface area contributed by atoms with Crippen LogP contribution in [0.15, 0.2) is 4.21 Å². The molecule has 1 aromatic rings. The summed E-state index contributed by atoms with van der Waals surface area (Å²) in [6.07, 6.45) is 0. The van der Waals surface area contributed by atoms with Crippen molar-refractivity contribution in [1.29, 1.82) is 0 Å². The topological polar surface area (TPSA) is 57.6 Å². The molecule has 1 heterocycles. The monoisotopic (exact) mass is 283 g/mol. The molecule has 0 aliphatic carbocycles. The molecule has 0 radical (unpaired) electrons. The molecule has 0 unspecified atom stereocenters. The van der Waals surface area contributed by atoms with Crippen LogP contribution in [-0.2, 0) is 10.0 Å². The molecule has 0 fully saturated rings. The van der Waals surface area contributed by atoms with Crippen molar-refractivity contribution >= 4 is 33.0 Å². The number of halogens is 1. The van der Waals surface area contributed by atoms with Crippen LogP contribution < -0.4 is 0 Å². The zero-order valence-corrected chi connectivity index (χ0v) is 11.7. The summed E-state index contributed by atoms with van der Waals surface area (Å²) in [4.78, 5) is 0. The van der Waals surface area contributed by atoms with Crippen LogP contribution in [0.1, 0.15) is 19.4 Å². The van der Waals surface area contributed by atoms with Crippen LogP contribution in [0, 0.1) is 6.92 Å². The summed E-state index contributed by atoms with van der Waals surface area (Å²) in [5, 5.41) is 9.71. The van der Waals surface area contributed by atoms with E-state index >= 15 is 0 Å². The molecule has 1 rings (SSSR count). The van der Waals surface area contributed by atoms with E-state index in [1.54, 1.807) is 20.8 Å². The van der Waals surface area contributed by atoms with Crippen LogP contribution in [-0.4, -0.2) is 30.9 Å². The van der Waals surface area contributed by atoms with E-state index in [0.717, 1.165) is 11.3 Å². The van der Waals surface area contributed by atoms with Gasteiger partial charge in [0.1, 0.15) is 4.34 Å². The molecule has 0 saturated carbocycles. The van der Waals surface area contributed by atoms with Gasteiger partial charge in [-0.15, -0.1) is 11.3 Å². The number of nitrogens with zero attached hydrogens (tertiary/aromatic N) is 1. The summed E-state index contributed by atoms with van der Waals surface area (Å²) in [5.41, 5.74) is 0.414. The second kappa shape index (κ2) is 4.91. The van der Waals surface area contributed by atoms with Crippen LogP contribution in [0.4, 0.5) is 0 Å². The Hall–Kier alpha value is -0.300. The van der Waals surface area contributed by atoms with Crippen molar-refractivity contribution in [2.75, 3.05) is 13.1 Å². The van der Waals surface area contributed by atoms with Crippen LogP contribution in [0.25, 0.3) is 0 Å². The molecule has 1 aromatic heterocycles. The lowest BCUT2D eigenvalue weighted by Crippen LogP contribution is -2.30. The minimum absolute atomic E-state index is 0.0706. The largest absolute Gasteiger partial charge is 0.505 e. The molecule has 0 spiro atoms. The molecular formula is C9H14ClNO3S2. The first-order valence-corrected chi connectivity index (χ1v) is 7.47. The lowest BCUT2D eigenvalue weighted by molar-refractivity contribution is 0.432. The molecule has 0 atom stereocenters. The molecule has 0 saturated heterocycles. The van der Waals surface area contributed by atoms with Crippen molar-refractivity contribution in [2.45, 2.75) is 25.0 Å². The third-order valence-electron chi connectivity index (χ3n) is 2.31. The highest BCUT2D eigenvalue weighted by atomic mass is 35.5. The van der Waals surface area contributed by atoms with Gasteiger partial charge < -0.3 is 5.11 Å². The number of thiophene rings is 1. The first-order chi connectivity index (χ1) is 7.36. The van der Waals surface area contributed by atoms with E-state index in [2.05, 4.69) is 0 Å². The van der Waals surface area contributed by atoms with Crippen molar-refractivity contribution in [3.8, 4) is 5.75 Å². The molecule has 16 heavy (non-hydrogen) atoms. The van der Waals surface area contributed by atoms with Crippen molar-refractivity contribution in [3.05, 3.63) is 9.90 Å². The van der Waals surface area contributed by atoms with Gasteiger partial charge in [-0.25, -0.2) is 8.42 Å². The smallest absolute Gasteiger partial charge is 0.256 e. The normalized spacial score (nSPS) is 12.3. The molecule has 0 aromatic carbocycles. The quantitative estimate of drug-likeness (QED) is 0.923. The van der Waals surface area contributed by atoms with E-state index in [9.17, 15) is 13.5 Å². The number of aromatic hydroxyl groups is 1. The standard InChI is InChI=1S/C9H14ClNO3S2/c1-4-11(5-2)16(13,14)9-7(12)6(3)8(10)15-9/h12H,4-5H2,1-3H3. The Morgan fingerprint density at radius 2 is 1.88 bits per heavy atom. The average molecular weight is 284 g/mol. The average Bonchev–Trinajstić information content (AvgIpc) is 2.48. The number of rotatable bonds is 4. The van der Waals surface area contributed by atoms with Gasteiger partial charge in [0, 0.05) is 18.7 Å². The Morgan fingerprint density at radius 3 is 2.19 bits per heavy atom. The predicted octanol–water partition coefficient (Wildman–Crippen LogP) is 2.45. The van der Waals surface area contributed by atoms with Crippen LogP contribution in [0.2, 0.25) is 4.34 Å². The molecule has 0 bridgehead atoms. The van der Waals surface area contributed by atoms with Crippen molar-refractivity contribution in [1.82, 2.24) is 4.31 Å². The molecule has 0 amide bonds. The third-order valence-corrected chi connectivity index (χ3v) is 6.42. The second-order valence-electron chi connectivity index (χ2n) is 3.23. The number of hydrogen-bond donors (Lipinski definition) is 1. The first-order valence-electron chi connectivity index (χ1n) is 4.84. The SMILES string of the molecule is CCN(CC)S(=O)(=O)c1sc(Cl)c(C)c1O. The first kappa shape index (κ1) is 13.8. The van der Waals surface area contributed by atoms with Gasteiger partial charge >= 0.3 is 0 Å². The van der Waals surface area contributed by atoms with Gasteiger partial charge in [-0.1, -0.05) is 25.4 Å². The minimum atomic E-state index is -3.62. The van der Waals surface area contributed by atoms with E-state index in [1.165, 1.54) is 4.31 Å². The van der Waals surface area contributed by atoms with Crippen LogP contribution in [0.3, 0.4) is 0 Å². The maximum atomic E-state index is 12.1. The van der Waals surface area contributed by atoms with E-state index < -0.39 is 10.0 Å².